The summed E-state index contributed by atoms with van der Waals surface area (Å²) in [5.41, 5.74) is 0.388. The van der Waals surface area contributed by atoms with E-state index in [1.165, 1.54) is 6.42 Å². The van der Waals surface area contributed by atoms with Crippen molar-refractivity contribution < 1.29 is 18.4 Å². The molecule has 0 spiro atoms. The Morgan fingerprint density at radius 2 is 1.86 bits per heavy atom. The minimum absolute atomic E-state index is 0.160. The van der Waals surface area contributed by atoms with Crippen molar-refractivity contribution in [1.29, 1.82) is 0 Å². The van der Waals surface area contributed by atoms with Crippen LogP contribution in [-0.2, 0) is 4.79 Å². The van der Waals surface area contributed by atoms with Crippen LogP contribution < -0.4 is 5.32 Å². The number of nitrogens with zero attached hydrogens (tertiary/aromatic N) is 3. The number of urea groups is 1. The minimum Gasteiger partial charge on any atom is -0.339 e. The Balaban J connectivity index is 1.48. The van der Waals surface area contributed by atoms with Gasteiger partial charge in [-0.2, -0.15) is 8.78 Å². The van der Waals surface area contributed by atoms with E-state index in [-0.39, 0.29) is 11.9 Å². The van der Waals surface area contributed by atoms with Crippen LogP contribution in [0.25, 0.3) is 0 Å². The Bertz CT molecular complexity index is 713. The summed E-state index contributed by atoms with van der Waals surface area (Å²) >= 11 is 0.418. The monoisotopic (exact) mass is 426 g/mol. The van der Waals surface area contributed by atoms with Crippen molar-refractivity contribution in [2.24, 2.45) is 0 Å². The van der Waals surface area contributed by atoms with Crippen LogP contribution >= 0.6 is 11.8 Å². The van der Waals surface area contributed by atoms with Crippen LogP contribution in [0.2, 0.25) is 0 Å². The van der Waals surface area contributed by atoms with Gasteiger partial charge in [-0.15, -0.1) is 0 Å². The summed E-state index contributed by atoms with van der Waals surface area (Å²) in [5.74, 6) is -2.38. The number of amides is 3. The Labute approximate surface area is 174 Å². The van der Waals surface area contributed by atoms with E-state index in [0.717, 1.165) is 19.4 Å². The van der Waals surface area contributed by atoms with Crippen molar-refractivity contribution >= 4 is 29.4 Å². The van der Waals surface area contributed by atoms with Gasteiger partial charge in [0, 0.05) is 43.7 Å². The molecule has 2 aliphatic rings. The second-order valence-corrected chi connectivity index (χ2v) is 8.53. The van der Waals surface area contributed by atoms with E-state index in [1.54, 1.807) is 29.2 Å². The maximum atomic E-state index is 12.7. The fourth-order valence-electron chi connectivity index (χ4n) is 3.82. The molecule has 9 heteroatoms. The first kappa shape index (κ1) is 21.8. The third-order valence-corrected chi connectivity index (χ3v) is 6.27. The molecule has 0 aromatic heterocycles. The molecule has 0 saturated carbocycles. The van der Waals surface area contributed by atoms with Gasteiger partial charge in [0.25, 0.3) is 5.76 Å². The summed E-state index contributed by atoms with van der Waals surface area (Å²) in [6.07, 6.45) is 3.30. The van der Waals surface area contributed by atoms with Crippen molar-refractivity contribution in [2.45, 2.75) is 42.9 Å². The average molecular weight is 427 g/mol. The first-order chi connectivity index (χ1) is 13.9. The number of rotatable bonds is 5. The standard InChI is InChI=1S/C20H28F2N4O2S/c1-15-6-4-5-9-26(15)18(27)14-24-10-12-25(13-11-24)20(28)23-16-7-2-3-8-17(16)29-19(21)22/h2-3,7-8,15,19H,4-6,9-14H2,1H3,(H,23,28). The third-order valence-electron chi connectivity index (χ3n) is 5.49. The molecule has 0 aliphatic carbocycles. The lowest BCUT2D eigenvalue weighted by Gasteiger charge is -2.38. The summed E-state index contributed by atoms with van der Waals surface area (Å²) in [6.45, 7) is 5.55. The molecular formula is C20H28F2N4O2S. The van der Waals surface area contributed by atoms with Crippen LogP contribution in [0.15, 0.2) is 29.2 Å². The molecule has 1 N–H and O–H groups in total. The molecule has 3 amide bonds. The number of hydrogen-bond donors (Lipinski definition) is 1. The number of anilines is 1. The molecule has 1 atom stereocenters. The number of thioether (sulfide) groups is 1. The minimum atomic E-state index is -2.54. The molecule has 2 saturated heterocycles. The van der Waals surface area contributed by atoms with E-state index in [1.807, 2.05) is 4.90 Å². The lowest BCUT2D eigenvalue weighted by Crippen LogP contribution is -2.53. The third kappa shape index (κ3) is 6.05. The Morgan fingerprint density at radius 1 is 1.14 bits per heavy atom. The molecule has 0 bridgehead atoms. The molecule has 2 aliphatic heterocycles. The Hall–Kier alpha value is -1.87. The Morgan fingerprint density at radius 3 is 2.55 bits per heavy atom. The summed E-state index contributed by atoms with van der Waals surface area (Å²) in [4.78, 5) is 31.2. The molecule has 2 heterocycles. The summed E-state index contributed by atoms with van der Waals surface area (Å²) in [6, 6.07) is 6.56. The van der Waals surface area contributed by atoms with Gasteiger partial charge in [0.2, 0.25) is 5.91 Å². The van der Waals surface area contributed by atoms with Gasteiger partial charge in [-0.1, -0.05) is 23.9 Å². The van der Waals surface area contributed by atoms with E-state index >= 15 is 0 Å². The highest BCUT2D eigenvalue weighted by Gasteiger charge is 2.27. The van der Waals surface area contributed by atoms with E-state index in [9.17, 15) is 18.4 Å². The summed E-state index contributed by atoms with van der Waals surface area (Å²) in [5, 5.41) is 2.74. The maximum Gasteiger partial charge on any atom is 0.321 e. The zero-order chi connectivity index (χ0) is 20.8. The SMILES string of the molecule is CC1CCCCN1C(=O)CN1CCN(C(=O)Nc2ccccc2SC(F)F)CC1. The summed E-state index contributed by atoms with van der Waals surface area (Å²) in [7, 11) is 0. The number of hydrogen-bond acceptors (Lipinski definition) is 4. The lowest BCUT2D eigenvalue weighted by molar-refractivity contribution is -0.136. The molecule has 29 heavy (non-hydrogen) atoms. The number of carbonyl (C=O) groups excluding carboxylic acids is 2. The quantitative estimate of drug-likeness (QED) is 0.732. The second kappa shape index (κ2) is 10.2. The van der Waals surface area contributed by atoms with Crippen molar-refractivity contribution in [3.63, 3.8) is 0 Å². The van der Waals surface area contributed by atoms with Crippen molar-refractivity contribution in [2.75, 3.05) is 44.6 Å². The average Bonchev–Trinajstić information content (AvgIpc) is 2.70. The first-order valence-corrected chi connectivity index (χ1v) is 10.9. The second-order valence-electron chi connectivity index (χ2n) is 7.50. The van der Waals surface area contributed by atoms with Crippen molar-refractivity contribution in [3.8, 4) is 0 Å². The number of likely N-dealkylation sites (tertiary alicyclic amines) is 1. The van der Waals surface area contributed by atoms with Gasteiger partial charge in [-0.3, -0.25) is 9.69 Å². The normalized spacial score (nSPS) is 20.8. The van der Waals surface area contributed by atoms with E-state index in [4.69, 9.17) is 0 Å². The lowest BCUT2D eigenvalue weighted by atomic mass is 10.0. The van der Waals surface area contributed by atoms with Gasteiger partial charge in [0.05, 0.1) is 12.2 Å². The topological polar surface area (TPSA) is 55.9 Å². The van der Waals surface area contributed by atoms with Gasteiger partial charge in [0.15, 0.2) is 0 Å². The summed E-state index contributed by atoms with van der Waals surface area (Å²) < 4.78 is 25.4. The first-order valence-electron chi connectivity index (χ1n) is 10.1. The molecule has 3 rings (SSSR count). The number of halogens is 2. The van der Waals surface area contributed by atoms with Crippen LogP contribution in [-0.4, -0.2) is 77.7 Å². The van der Waals surface area contributed by atoms with E-state index in [2.05, 4.69) is 17.1 Å². The molecule has 160 valence electrons. The number of piperidine rings is 1. The molecule has 1 unspecified atom stereocenters. The fraction of sp³-hybridized carbons (Fsp3) is 0.600. The van der Waals surface area contributed by atoms with E-state index in [0.29, 0.717) is 61.1 Å². The zero-order valence-corrected chi connectivity index (χ0v) is 17.5. The van der Waals surface area contributed by atoms with Gasteiger partial charge in [-0.05, 0) is 38.3 Å². The van der Waals surface area contributed by atoms with E-state index < -0.39 is 5.76 Å². The smallest absolute Gasteiger partial charge is 0.321 e. The van der Waals surface area contributed by atoms with Gasteiger partial charge >= 0.3 is 6.03 Å². The van der Waals surface area contributed by atoms with Gasteiger partial charge in [0.1, 0.15) is 0 Å². The predicted octanol–water partition coefficient (Wildman–Crippen LogP) is 3.55. The van der Waals surface area contributed by atoms with Crippen LogP contribution in [0.3, 0.4) is 0 Å². The zero-order valence-electron chi connectivity index (χ0n) is 16.7. The molecule has 2 fully saturated rings. The van der Waals surface area contributed by atoms with Crippen LogP contribution in [0.4, 0.5) is 19.3 Å². The molecule has 6 nitrogen and oxygen atoms in total. The highest BCUT2D eigenvalue weighted by molar-refractivity contribution is 7.99. The van der Waals surface area contributed by atoms with Crippen LogP contribution in [0.1, 0.15) is 26.2 Å². The number of para-hydroxylation sites is 1. The maximum absolute atomic E-state index is 12.7. The molecule has 1 aromatic rings. The fourth-order valence-corrected chi connectivity index (χ4v) is 4.42. The molecule has 1 aromatic carbocycles. The number of benzene rings is 1. The Kier molecular flexibility index (Phi) is 7.71. The van der Waals surface area contributed by atoms with Crippen molar-refractivity contribution in [1.82, 2.24) is 14.7 Å². The largest absolute Gasteiger partial charge is 0.339 e. The number of carbonyl (C=O) groups is 2. The molecule has 0 radical (unpaired) electrons. The number of nitrogens with one attached hydrogen (secondary N) is 1. The van der Waals surface area contributed by atoms with Crippen LogP contribution in [0, 0.1) is 0 Å². The highest BCUT2D eigenvalue weighted by Crippen LogP contribution is 2.31. The molecular weight excluding hydrogens is 398 g/mol. The van der Waals surface area contributed by atoms with Crippen LogP contribution in [0.5, 0.6) is 0 Å². The number of alkyl halides is 2. The van der Waals surface area contributed by atoms with Gasteiger partial charge in [-0.25, -0.2) is 4.79 Å². The number of piperazine rings is 1. The van der Waals surface area contributed by atoms with Crippen molar-refractivity contribution in [3.05, 3.63) is 24.3 Å². The predicted molar refractivity (Wildman–Crippen MR) is 110 cm³/mol. The van der Waals surface area contributed by atoms with Gasteiger partial charge < -0.3 is 15.1 Å². The highest BCUT2D eigenvalue weighted by atomic mass is 32.2.